The Morgan fingerprint density at radius 2 is 1.80 bits per heavy atom. The summed E-state index contributed by atoms with van der Waals surface area (Å²) in [4.78, 5) is 16.0. The molecule has 0 spiro atoms. The molecule has 0 unspecified atom stereocenters. The smallest absolute Gasteiger partial charge is 0.422 e. The van der Waals surface area contributed by atoms with Gasteiger partial charge in [-0.1, -0.05) is 0 Å². The van der Waals surface area contributed by atoms with E-state index in [1.165, 1.54) is 44.7 Å². The molecule has 2 aromatic rings. The minimum atomic E-state index is -4.54. The molecule has 0 bridgehead atoms. The van der Waals surface area contributed by atoms with Crippen LogP contribution in [-0.4, -0.2) is 37.9 Å². The number of aromatic nitrogens is 1. The van der Waals surface area contributed by atoms with Crippen LogP contribution in [0.2, 0.25) is 0 Å². The van der Waals surface area contributed by atoms with Gasteiger partial charge in [0, 0.05) is 30.1 Å². The Balaban J connectivity index is 2.21. The fraction of sp³-hybridized carbons (Fsp3) is 0.250. The fourth-order valence-corrected chi connectivity index (χ4v) is 1.91. The summed E-state index contributed by atoms with van der Waals surface area (Å²) >= 11 is 0. The average Bonchev–Trinajstić information content (AvgIpc) is 2.59. The summed E-state index contributed by atoms with van der Waals surface area (Å²) in [5.41, 5.74) is 0.209. The Hall–Kier alpha value is -2.97. The number of methoxy groups -OCH3 is 2. The Morgan fingerprint density at radius 3 is 2.36 bits per heavy atom. The third-order valence-electron chi connectivity index (χ3n) is 3.00. The van der Waals surface area contributed by atoms with E-state index in [9.17, 15) is 18.0 Å². The molecule has 1 heterocycles. The first-order valence-corrected chi connectivity index (χ1v) is 7.01. The van der Waals surface area contributed by atoms with E-state index in [0.717, 1.165) is 0 Å². The molecule has 0 atom stereocenters. The van der Waals surface area contributed by atoms with Gasteiger partial charge >= 0.3 is 6.18 Å². The number of nitrogens with zero attached hydrogens (tertiary/aromatic N) is 1. The fourth-order valence-electron chi connectivity index (χ4n) is 1.91. The standard InChI is InChI=1S/C16H15F3N2O4/c1-23-11-6-10(7-12(8-11)24-2)21-14(22)13-4-3-5-20-15(13)25-9-16(17,18)19/h3-8H,9H2,1-2H3,(H,21,22). The Morgan fingerprint density at radius 1 is 1.16 bits per heavy atom. The Kier molecular flexibility index (Phi) is 5.68. The summed E-state index contributed by atoms with van der Waals surface area (Å²) in [7, 11) is 2.90. The second-order valence-electron chi connectivity index (χ2n) is 4.82. The van der Waals surface area contributed by atoms with Crippen LogP contribution in [0, 0.1) is 0 Å². The number of amides is 1. The van der Waals surface area contributed by atoms with Crippen molar-refractivity contribution in [1.82, 2.24) is 4.98 Å². The van der Waals surface area contributed by atoms with Gasteiger partial charge < -0.3 is 19.5 Å². The number of hydrogen-bond acceptors (Lipinski definition) is 5. The lowest BCUT2D eigenvalue weighted by Gasteiger charge is -2.13. The predicted molar refractivity (Wildman–Crippen MR) is 83.3 cm³/mol. The average molecular weight is 356 g/mol. The van der Waals surface area contributed by atoms with Crippen LogP contribution in [0.3, 0.4) is 0 Å². The van der Waals surface area contributed by atoms with Crippen molar-refractivity contribution >= 4 is 11.6 Å². The zero-order valence-corrected chi connectivity index (χ0v) is 13.4. The molecule has 6 nitrogen and oxygen atoms in total. The topological polar surface area (TPSA) is 69.7 Å². The Bertz CT molecular complexity index is 728. The lowest BCUT2D eigenvalue weighted by Crippen LogP contribution is -2.22. The van der Waals surface area contributed by atoms with Crippen LogP contribution in [0.15, 0.2) is 36.5 Å². The number of pyridine rings is 1. The zero-order valence-electron chi connectivity index (χ0n) is 13.4. The zero-order chi connectivity index (χ0) is 18.4. The number of nitrogens with one attached hydrogen (secondary N) is 1. The molecular formula is C16H15F3N2O4. The molecule has 9 heteroatoms. The summed E-state index contributed by atoms with van der Waals surface area (Å²) in [6.07, 6.45) is -3.30. The van der Waals surface area contributed by atoms with Gasteiger partial charge in [0.05, 0.1) is 14.2 Å². The van der Waals surface area contributed by atoms with Crippen molar-refractivity contribution in [2.24, 2.45) is 0 Å². The number of benzene rings is 1. The van der Waals surface area contributed by atoms with Gasteiger partial charge in [0.1, 0.15) is 17.1 Å². The summed E-state index contributed by atoms with van der Waals surface area (Å²) < 4.78 is 51.7. The van der Waals surface area contributed by atoms with Crippen molar-refractivity contribution in [2.45, 2.75) is 6.18 Å². The molecule has 1 aromatic carbocycles. The molecule has 1 aromatic heterocycles. The monoisotopic (exact) mass is 356 g/mol. The van der Waals surface area contributed by atoms with Crippen LogP contribution in [0.5, 0.6) is 17.4 Å². The quantitative estimate of drug-likeness (QED) is 0.860. The number of hydrogen-bond donors (Lipinski definition) is 1. The Labute approximate surface area is 141 Å². The van der Waals surface area contributed by atoms with E-state index in [2.05, 4.69) is 15.0 Å². The van der Waals surface area contributed by atoms with Gasteiger partial charge in [-0.2, -0.15) is 13.2 Å². The number of anilines is 1. The summed E-state index contributed by atoms with van der Waals surface area (Å²) in [6, 6.07) is 7.41. The van der Waals surface area contributed by atoms with Crippen molar-refractivity contribution in [1.29, 1.82) is 0 Å². The number of ether oxygens (including phenoxy) is 3. The third kappa shape index (κ3) is 5.27. The van der Waals surface area contributed by atoms with Gasteiger partial charge in [-0.25, -0.2) is 4.98 Å². The van der Waals surface area contributed by atoms with Crippen molar-refractivity contribution in [3.63, 3.8) is 0 Å². The molecule has 2 rings (SSSR count). The minimum Gasteiger partial charge on any atom is -0.497 e. The highest BCUT2D eigenvalue weighted by atomic mass is 19.4. The van der Waals surface area contributed by atoms with Crippen molar-refractivity contribution in [3.8, 4) is 17.4 Å². The maximum Gasteiger partial charge on any atom is 0.422 e. The molecule has 25 heavy (non-hydrogen) atoms. The number of halogens is 3. The van der Waals surface area contributed by atoms with Crippen LogP contribution in [0.25, 0.3) is 0 Å². The van der Waals surface area contributed by atoms with Crippen LogP contribution >= 0.6 is 0 Å². The van der Waals surface area contributed by atoms with Crippen LogP contribution in [-0.2, 0) is 0 Å². The SMILES string of the molecule is COc1cc(NC(=O)c2cccnc2OCC(F)(F)F)cc(OC)c1. The van der Waals surface area contributed by atoms with Gasteiger partial charge in [0.2, 0.25) is 5.88 Å². The normalized spacial score (nSPS) is 10.9. The number of carbonyl (C=O) groups excluding carboxylic acids is 1. The van der Waals surface area contributed by atoms with E-state index in [1.54, 1.807) is 6.07 Å². The molecule has 1 amide bonds. The van der Waals surface area contributed by atoms with Crippen LogP contribution in [0.1, 0.15) is 10.4 Å². The van der Waals surface area contributed by atoms with Gasteiger partial charge in [-0.3, -0.25) is 4.79 Å². The number of rotatable bonds is 6. The largest absolute Gasteiger partial charge is 0.497 e. The van der Waals surface area contributed by atoms with E-state index in [1.807, 2.05) is 0 Å². The summed E-state index contributed by atoms with van der Waals surface area (Å²) in [5.74, 6) is -0.212. The van der Waals surface area contributed by atoms with Gasteiger partial charge in [0.15, 0.2) is 6.61 Å². The first kappa shape index (κ1) is 18.4. The first-order valence-electron chi connectivity index (χ1n) is 7.01. The molecule has 0 aliphatic carbocycles. The van der Waals surface area contributed by atoms with Gasteiger partial charge in [0.25, 0.3) is 5.91 Å². The molecule has 0 saturated heterocycles. The molecule has 134 valence electrons. The highest BCUT2D eigenvalue weighted by molar-refractivity contribution is 6.06. The van der Waals surface area contributed by atoms with Crippen molar-refractivity contribution in [2.75, 3.05) is 26.1 Å². The highest BCUT2D eigenvalue weighted by Gasteiger charge is 2.29. The van der Waals surface area contributed by atoms with E-state index < -0.39 is 24.6 Å². The lowest BCUT2D eigenvalue weighted by molar-refractivity contribution is -0.154. The molecule has 1 N–H and O–H groups in total. The highest BCUT2D eigenvalue weighted by Crippen LogP contribution is 2.27. The molecule has 0 fully saturated rings. The second-order valence-corrected chi connectivity index (χ2v) is 4.82. The summed E-state index contributed by atoms with van der Waals surface area (Å²) in [5, 5.41) is 2.55. The maximum atomic E-state index is 12.4. The third-order valence-corrected chi connectivity index (χ3v) is 3.00. The van der Waals surface area contributed by atoms with E-state index in [4.69, 9.17) is 9.47 Å². The first-order chi connectivity index (χ1) is 11.8. The van der Waals surface area contributed by atoms with Gasteiger partial charge in [-0.15, -0.1) is 0 Å². The molecular weight excluding hydrogens is 341 g/mol. The number of alkyl halides is 3. The molecule has 0 aliphatic heterocycles. The van der Waals surface area contributed by atoms with Crippen molar-refractivity contribution in [3.05, 3.63) is 42.1 Å². The van der Waals surface area contributed by atoms with E-state index in [-0.39, 0.29) is 5.56 Å². The van der Waals surface area contributed by atoms with Gasteiger partial charge in [-0.05, 0) is 12.1 Å². The van der Waals surface area contributed by atoms with E-state index in [0.29, 0.717) is 17.2 Å². The summed E-state index contributed by atoms with van der Waals surface area (Å²) in [6.45, 7) is -1.54. The maximum absolute atomic E-state index is 12.4. The van der Waals surface area contributed by atoms with Crippen LogP contribution < -0.4 is 19.5 Å². The van der Waals surface area contributed by atoms with E-state index >= 15 is 0 Å². The number of carbonyl (C=O) groups is 1. The van der Waals surface area contributed by atoms with Crippen molar-refractivity contribution < 1.29 is 32.2 Å². The predicted octanol–water partition coefficient (Wildman–Crippen LogP) is 3.29. The molecule has 0 aliphatic rings. The molecule has 0 saturated carbocycles. The minimum absolute atomic E-state index is 0.131. The lowest BCUT2D eigenvalue weighted by atomic mass is 10.2. The second kappa shape index (κ2) is 7.73. The van der Waals surface area contributed by atoms with Crippen LogP contribution in [0.4, 0.5) is 18.9 Å². The molecule has 0 radical (unpaired) electrons.